The lowest BCUT2D eigenvalue weighted by Gasteiger charge is -2.28. The summed E-state index contributed by atoms with van der Waals surface area (Å²) in [6, 6.07) is 10.7. The Bertz CT molecular complexity index is 376. The van der Waals surface area contributed by atoms with Crippen LogP contribution >= 0.6 is 0 Å². The van der Waals surface area contributed by atoms with E-state index in [1.165, 1.54) is 5.56 Å². The molecule has 106 valence electrons. The van der Waals surface area contributed by atoms with Gasteiger partial charge in [-0.15, -0.1) is 0 Å². The van der Waals surface area contributed by atoms with E-state index >= 15 is 0 Å². The van der Waals surface area contributed by atoms with Crippen LogP contribution in [0, 0.1) is 0 Å². The number of hydrazone groups is 1. The number of hydrogen-bond donors (Lipinski definition) is 0. The van der Waals surface area contributed by atoms with Crippen LogP contribution in [0.3, 0.4) is 0 Å². The van der Waals surface area contributed by atoms with Crippen molar-refractivity contribution >= 4 is 5.71 Å². The molecule has 0 N–H and O–H groups in total. The van der Waals surface area contributed by atoms with Gasteiger partial charge < -0.3 is 4.74 Å². The predicted molar refractivity (Wildman–Crippen MR) is 81.6 cm³/mol. The lowest BCUT2D eigenvalue weighted by Crippen LogP contribution is -2.35. The van der Waals surface area contributed by atoms with Crippen LogP contribution in [0.15, 0.2) is 35.4 Å². The molecule has 1 aromatic rings. The Hall–Kier alpha value is -1.35. The summed E-state index contributed by atoms with van der Waals surface area (Å²) in [5, 5.41) is 6.97. The first kappa shape index (κ1) is 15.7. The maximum absolute atomic E-state index is 5.30. The van der Waals surface area contributed by atoms with Gasteiger partial charge in [0, 0.05) is 13.7 Å². The van der Waals surface area contributed by atoms with E-state index in [-0.39, 0.29) is 0 Å². The molecule has 1 rings (SSSR count). The molecule has 0 aliphatic heterocycles. The van der Waals surface area contributed by atoms with Crippen LogP contribution in [-0.2, 0) is 4.74 Å². The largest absolute Gasteiger partial charge is 0.382 e. The summed E-state index contributed by atoms with van der Waals surface area (Å²) in [7, 11) is 1.75. The molecule has 0 fully saturated rings. The molecule has 19 heavy (non-hydrogen) atoms. The maximum Gasteiger partial charge on any atom is 0.0701 e. The summed E-state index contributed by atoms with van der Waals surface area (Å²) in [6.45, 7) is 8.12. The molecule has 0 amide bonds. The Balaban J connectivity index is 2.86. The van der Waals surface area contributed by atoms with Crippen LogP contribution in [0.4, 0.5) is 0 Å². The van der Waals surface area contributed by atoms with Crippen LogP contribution in [0.5, 0.6) is 0 Å². The number of ether oxygens (including phenoxy) is 1. The lowest BCUT2D eigenvalue weighted by atomic mass is 10.1. The fourth-order valence-electron chi connectivity index (χ4n) is 2.08. The number of benzene rings is 1. The molecular formula is C16H26N2O. The van der Waals surface area contributed by atoms with Crippen LogP contribution in [0.25, 0.3) is 0 Å². The Morgan fingerprint density at radius 2 is 1.95 bits per heavy atom. The maximum atomic E-state index is 5.30. The molecule has 0 saturated heterocycles. The molecule has 0 radical (unpaired) electrons. The van der Waals surface area contributed by atoms with E-state index in [9.17, 15) is 0 Å². The van der Waals surface area contributed by atoms with Gasteiger partial charge in [0.1, 0.15) is 0 Å². The number of methoxy groups -OCH3 is 1. The van der Waals surface area contributed by atoms with Gasteiger partial charge in [-0.2, -0.15) is 5.10 Å². The monoisotopic (exact) mass is 262 g/mol. The van der Waals surface area contributed by atoms with Gasteiger partial charge in [-0.1, -0.05) is 44.2 Å². The van der Waals surface area contributed by atoms with E-state index in [0.29, 0.717) is 6.04 Å². The zero-order valence-electron chi connectivity index (χ0n) is 12.6. The number of rotatable bonds is 8. The second-order valence-corrected chi connectivity index (χ2v) is 4.73. The van der Waals surface area contributed by atoms with Crippen molar-refractivity contribution in [3.8, 4) is 0 Å². The molecule has 0 bridgehead atoms. The number of nitrogens with zero attached hydrogens (tertiary/aromatic N) is 2. The van der Waals surface area contributed by atoms with Gasteiger partial charge in [-0.25, -0.2) is 0 Å². The first-order valence-corrected chi connectivity index (χ1v) is 7.09. The fraction of sp³-hybridized carbons (Fsp3) is 0.562. The van der Waals surface area contributed by atoms with Gasteiger partial charge in [0.05, 0.1) is 18.4 Å². The molecule has 0 heterocycles. The average molecular weight is 262 g/mol. The van der Waals surface area contributed by atoms with Gasteiger partial charge in [-0.3, -0.25) is 5.01 Å². The molecule has 0 saturated carbocycles. The average Bonchev–Trinajstić information content (AvgIpc) is 2.45. The molecule has 0 aromatic heterocycles. The SMILES string of the molecule is CCCN(/N=C(\C)c1ccccc1)[C@H](CC)COC. The highest BCUT2D eigenvalue weighted by molar-refractivity contribution is 5.98. The van der Waals surface area contributed by atoms with Crippen molar-refractivity contribution in [3.63, 3.8) is 0 Å². The zero-order valence-corrected chi connectivity index (χ0v) is 12.6. The van der Waals surface area contributed by atoms with Crippen molar-refractivity contribution in [2.75, 3.05) is 20.3 Å². The van der Waals surface area contributed by atoms with Crippen molar-refractivity contribution in [1.82, 2.24) is 5.01 Å². The summed E-state index contributed by atoms with van der Waals surface area (Å²) in [4.78, 5) is 0. The van der Waals surface area contributed by atoms with Crippen LogP contribution in [0.2, 0.25) is 0 Å². The van der Waals surface area contributed by atoms with Crippen LogP contribution in [0.1, 0.15) is 39.2 Å². The highest BCUT2D eigenvalue weighted by Gasteiger charge is 2.14. The van der Waals surface area contributed by atoms with Crippen LogP contribution < -0.4 is 0 Å². The van der Waals surface area contributed by atoms with E-state index in [1.807, 2.05) is 18.2 Å². The molecular weight excluding hydrogens is 236 g/mol. The fourth-order valence-corrected chi connectivity index (χ4v) is 2.08. The minimum atomic E-state index is 0.351. The van der Waals surface area contributed by atoms with E-state index in [4.69, 9.17) is 9.84 Å². The summed E-state index contributed by atoms with van der Waals surface area (Å²) in [5.41, 5.74) is 2.24. The standard InChI is InChI=1S/C16H26N2O/c1-5-12-18(16(6-2)13-19-4)17-14(3)15-10-8-7-9-11-15/h7-11,16H,5-6,12-13H2,1-4H3/b17-14+/t16-/m1/s1. The molecule has 3 heteroatoms. The van der Waals surface area contributed by atoms with Gasteiger partial charge >= 0.3 is 0 Å². The van der Waals surface area contributed by atoms with Crippen molar-refractivity contribution in [2.45, 2.75) is 39.7 Å². The molecule has 0 aliphatic carbocycles. The molecule has 0 unspecified atom stereocenters. The predicted octanol–water partition coefficient (Wildman–Crippen LogP) is 3.55. The van der Waals surface area contributed by atoms with E-state index in [0.717, 1.165) is 31.7 Å². The van der Waals surface area contributed by atoms with Crippen molar-refractivity contribution in [1.29, 1.82) is 0 Å². The molecule has 0 aliphatic rings. The summed E-state index contributed by atoms with van der Waals surface area (Å²) in [5.74, 6) is 0. The first-order valence-electron chi connectivity index (χ1n) is 7.09. The Morgan fingerprint density at radius 1 is 1.26 bits per heavy atom. The Labute approximate surface area is 117 Å². The van der Waals surface area contributed by atoms with E-state index < -0.39 is 0 Å². The minimum absolute atomic E-state index is 0.351. The summed E-state index contributed by atoms with van der Waals surface area (Å²) in [6.07, 6.45) is 2.13. The normalized spacial score (nSPS) is 13.4. The quantitative estimate of drug-likeness (QED) is 0.528. The number of hydrogen-bond acceptors (Lipinski definition) is 3. The molecule has 1 atom stereocenters. The molecule has 0 spiro atoms. The summed E-state index contributed by atoms with van der Waals surface area (Å²) < 4.78 is 5.30. The zero-order chi connectivity index (χ0) is 14.1. The summed E-state index contributed by atoms with van der Waals surface area (Å²) >= 11 is 0. The Morgan fingerprint density at radius 3 is 2.47 bits per heavy atom. The van der Waals surface area contributed by atoms with Gasteiger partial charge in [0.25, 0.3) is 0 Å². The highest BCUT2D eigenvalue weighted by Crippen LogP contribution is 2.10. The van der Waals surface area contributed by atoms with Gasteiger partial charge in [-0.05, 0) is 25.3 Å². The molecule has 3 nitrogen and oxygen atoms in total. The van der Waals surface area contributed by atoms with Crippen molar-refractivity contribution in [3.05, 3.63) is 35.9 Å². The third kappa shape index (κ3) is 5.03. The van der Waals surface area contributed by atoms with Gasteiger partial charge in [0.15, 0.2) is 0 Å². The third-order valence-electron chi connectivity index (χ3n) is 3.17. The lowest BCUT2D eigenvalue weighted by molar-refractivity contribution is 0.0896. The second-order valence-electron chi connectivity index (χ2n) is 4.73. The van der Waals surface area contributed by atoms with E-state index in [1.54, 1.807) is 7.11 Å². The molecule has 1 aromatic carbocycles. The smallest absolute Gasteiger partial charge is 0.0701 e. The minimum Gasteiger partial charge on any atom is -0.382 e. The third-order valence-corrected chi connectivity index (χ3v) is 3.17. The van der Waals surface area contributed by atoms with Crippen molar-refractivity contribution < 1.29 is 4.74 Å². The van der Waals surface area contributed by atoms with Crippen LogP contribution in [-0.4, -0.2) is 37.0 Å². The first-order chi connectivity index (χ1) is 9.22. The van der Waals surface area contributed by atoms with Crippen molar-refractivity contribution in [2.24, 2.45) is 5.10 Å². The highest BCUT2D eigenvalue weighted by atomic mass is 16.5. The Kier molecular flexibility index (Phi) is 7.19. The topological polar surface area (TPSA) is 24.8 Å². The second kappa shape index (κ2) is 8.70. The van der Waals surface area contributed by atoms with Gasteiger partial charge in [0.2, 0.25) is 0 Å². The van der Waals surface area contributed by atoms with E-state index in [2.05, 4.69) is 37.9 Å².